The Bertz CT molecular complexity index is 1260. The van der Waals surface area contributed by atoms with E-state index in [4.69, 9.17) is 0 Å². The molecule has 4 heterocycles. The Balaban J connectivity index is 1.66. The van der Waals surface area contributed by atoms with Crippen molar-refractivity contribution < 1.29 is 0 Å². The molecule has 4 heteroatoms. The van der Waals surface area contributed by atoms with Gasteiger partial charge in [0.05, 0.1) is 16.3 Å². The topological polar surface area (TPSA) is 25.8 Å². The second-order valence-electron chi connectivity index (χ2n) is 6.06. The van der Waals surface area contributed by atoms with Gasteiger partial charge in [0.25, 0.3) is 0 Å². The maximum atomic E-state index is 4.54. The second kappa shape index (κ2) is 8.23. The van der Waals surface area contributed by atoms with Crippen molar-refractivity contribution in [1.29, 1.82) is 0 Å². The fraction of sp³-hybridized carbons (Fsp3) is 0.0833. The third-order valence-corrected chi connectivity index (χ3v) is 6.17. The highest BCUT2D eigenvalue weighted by Crippen LogP contribution is 2.32. The minimum Gasteiger partial charge on any atom is -0.255 e. The van der Waals surface area contributed by atoms with Gasteiger partial charge in [-0.25, -0.2) is 0 Å². The van der Waals surface area contributed by atoms with E-state index in [1.54, 1.807) is 29.6 Å². The molecule has 0 unspecified atom stereocenters. The van der Waals surface area contributed by atoms with Crippen molar-refractivity contribution in [3.63, 3.8) is 0 Å². The Morgan fingerprint density at radius 2 is 1.39 bits per heavy atom. The van der Waals surface area contributed by atoms with E-state index in [2.05, 4.69) is 70.9 Å². The van der Waals surface area contributed by atoms with E-state index >= 15 is 0 Å². The number of aryl methyl sites for hydroxylation is 1. The van der Waals surface area contributed by atoms with E-state index < -0.39 is 0 Å². The molecular formula is C24H16N2S2. The van der Waals surface area contributed by atoms with Crippen LogP contribution < -0.4 is 0 Å². The maximum Gasteiger partial charge on any atom is 0.0892 e. The molecule has 2 nitrogen and oxygen atoms in total. The summed E-state index contributed by atoms with van der Waals surface area (Å²) in [5.41, 5.74) is 4.02. The van der Waals surface area contributed by atoms with Crippen molar-refractivity contribution in [1.82, 2.24) is 9.97 Å². The predicted octanol–water partition coefficient (Wildman–Crippen LogP) is 6.28. The van der Waals surface area contributed by atoms with Gasteiger partial charge in [-0.05, 0) is 91.3 Å². The molecule has 0 aliphatic carbocycles. The number of nitrogens with zero attached hydrogens (tertiary/aromatic N) is 2. The zero-order chi connectivity index (χ0) is 19.3. The molecule has 134 valence electrons. The van der Waals surface area contributed by atoms with Crippen LogP contribution in [0.2, 0.25) is 0 Å². The monoisotopic (exact) mass is 396 g/mol. The quantitative estimate of drug-likeness (QED) is 0.381. The molecule has 0 atom stereocenters. The minimum absolute atomic E-state index is 0.866. The van der Waals surface area contributed by atoms with Crippen LogP contribution in [0, 0.1) is 30.6 Å². The lowest BCUT2D eigenvalue weighted by Crippen LogP contribution is -1.88. The largest absolute Gasteiger partial charge is 0.255 e. The smallest absolute Gasteiger partial charge is 0.0892 e. The minimum atomic E-state index is 0.866. The predicted molar refractivity (Wildman–Crippen MR) is 119 cm³/mol. The van der Waals surface area contributed by atoms with Crippen molar-refractivity contribution in [3.05, 3.63) is 70.7 Å². The maximum absolute atomic E-state index is 4.54. The molecule has 0 saturated heterocycles. The van der Waals surface area contributed by atoms with Crippen LogP contribution in [0.5, 0.6) is 0 Å². The highest BCUT2D eigenvalue weighted by atomic mass is 32.1. The van der Waals surface area contributed by atoms with Crippen molar-refractivity contribution in [2.24, 2.45) is 0 Å². The normalized spacial score (nSPS) is 9.93. The summed E-state index contributed by atoms with van der Waals surface area (Å²) in [4.78, 5) is 13.8. The summed E-state index contributed by atoms with van der Waals surface area (Å²) in [6.45, 7) is 3.91. The van der Waals surface area contributed by atoms with Crippen LogP contribution in [0.3, 0.4) is 0 Å². The average Bonchev–Trinajstić information content (AvgIpc) is 3.38. The first kappa shape index (κ1) is 18.2. The van der Waals surface area contributed by atoms with Crippen molar-refractivity contribution in [2.75, 3.05) is 0 Å². The van der Waals surface area contributed by atoms with E-state index in [1.165, 1.54) is 15.3 Å². The molecule has 0 aromatic carbocycles. The van der Waals surface area contributed by atoms with Crippen molar-refractivity contribution in [3.8, 4) is 56.0 Å². The van der Waals surface area contributed by atoms with E-state index in [0.29, 0.717) is 0 Å². The SMILES string of the molecule is CC#CC#Cc1ccc(-c2ccnc(-c3cc(-c4ccc(C)s4)ccn3)c2)s1. The first-order valence-electron chi connectivity index (χ1n) is 8.75. The van der Waals surface area contributed by atoms with E-state index in [0.717, 1.165) is 26.7 Å². The Kier molecular flexibility index (Phi) is 5.35. The molecule has 0 bridgehead atoms. The van der Waals surface area contributed by atoms with Crippen molar-refractivity contribution >= 4 is 22.7 Å². The third kappa shape index (κ3) is 4.05. The molecule has 4 aromatic rings. The van der Waals surface area contributed by atoms with E-state index in [-0.39, 0.29) is 0 Å². The van der Waals surface area contributed by atoms with Crippen molar-refractivity contribution in [2.45, 2.75) is 13.8 Å². The van der Waals surface area contributed by atoms with Gasteiger partial charge in [-0.2, -0.15) is 0 Å². The van der Waals surface area contributed by atoms with Gasteiger partial charge in [-0.3, -0.25) is 9.97 Å². The highest BCUT2D eigenvalue weighted by Gasteiger charge is 2.08. The summed E-state index contributed by atoms with van der Waals surface area (Å²) in [6.07, 6.45) is 3.68. The molecule has 0 amide bonds. The summed E-state index contributed by atoms with van der Waals surface area (Å²) < 4.78 is 0. The van der Waals surface area contributed by atoms with Gasteiger partial charge in [0, 0.05) is 27.0 Å². The zero-order valence-electron chi connectivity index (χ0n) is 15.5. The van der Waals surface area contributed by atoms with Crippen LogP contribution in [0.1, 0.15) is 16.7 Å². The molecule has 0 aliphatic rings. The first-order chi connectivity index (χ1) is 13.7. The number of rotatable bonds is 3. The van der Waals surface area contributed by atoms with Gasteiger partial charge < -0.3 is 0 Å². The number of hydrogen-bond acceptors (Lipinski definition) is 4. The third-order valence-electron chi connectivity index (χ3n) is 4.07. The lowest BCUT2D eigenvalue weighted by Gasteiger charge is -2.05. The van der Waals surface area contributed by atoms with E-state index in [1.807, 2.05) is 30.6 Å². The highest BCUT2D eigenvalue weighted by molar-refractivity contribution is 7.16. The number of aromatic nitrogens is 2. The molecular weight excluding hydrogens is 380 g/mol. The van der Waals surface area contributed by atoms with Crippen LogP contribution in [-0.4, -0.2) is 9.97 Å². The summed E-state index contributed by atoms with van der Waals surface area (Å²) >= 11 is 3.44. The molecule has 0 saturated carbocycles. The number of hydrogen-bond donors (Lipinski definition) is 0. The van der Waals surface area contributed by atoms with Gasteiger partial charge in [0.2, 0.25) is 0 Å². The van der Waals surface area contributed by atoms with Crippen LogP contribution >= 0.6 is 22.7 Å². The number of thiophene rings is 2. The lowest BCUT2D eigenvalue weighted by atomic mass is 10.1. The van der Waals surface area contributed by atoms with Crippen LogP contribution in [0.25, 0.3) is 32.3 Å². The van der Waals surface area contributed by atoms with Gasteiger partial charge in [-0.15, -0.1) is 22.7 Å². The Hall–Kier alpha value is -3.18. The zero-order valence-corrected chi connectivity index (χ0v) is 17.1. The second-order valence-corrected chi connectivity index (χ2v) is 8.43. The number of pyridine rings is 2. The summed E-state index contributed by atoms with van der Waals surface area (Å²) in [5, 5.41) is 0. The molecule has 0 spiro atoms. The molecule has 0 fully saturated rings. The van der Waals surface area contributed by atoms with Gasteiger partial charge >= 0.3 is 0 Å². The first-order valence-corrected chi connectivity index (χ1v) is 10.4. The van der Waals surface area contributed by atoms with Gasteiger partial charge in [-0.1, -0.05) is 5.92 Å². The molecule has 28 heavy (non-hydrogen) atoms. The Morgan fingerprint density at radius 3 is 2.00 bits per heavy atom. The molecule has 0 radical (unpaired) electrons. The molecule has 0 aliphatic heterocycles. The fourth-order valence-corrected chi connectivity index (χ4v) is 4.47. The van der Waals surface area contributed by atoms with Crippen LogP contribution in [0.15, 0.2) is 60.9 Å². The van der Waals surface area contributed by atoms with Gasteiger partial charge in [0.1, 0.15) is 0 Å². The van der Waals surface area contributed by atoms with Crippen LogP contribution in [-0.2, 0) is 0 Å². The summed E-state index contributed by atoms with van der Waals surface area (Å²) in [5.74, 6) is 11.5. The average molecular weight is 397 g/mol. The molecule has 0 N–H and O–H groups in total. The van der Waals surface area contributed by atoms with Gasteiger partial charge in [0.15, 0.2) is 0 Å². The fourth-order valence-electron chi connectivity index (χ4n) is 2.75. The standard InChI is InChI=1S/C24H16N2S2/c1-3-4-5-6-20-8-10-24(28-20)19-12-14-26-22(16-19)21-15-18(11-13-25-21)23-9-7-17(2)27-23/h7-16H,1-2H3. The Morgan fingerprint density at radius 1 is 0.750 bits per heavy atom. The van der Waals surface area contributed by atoms with Crippen LogP contribution in [0.4, 0.5) is 0 Å². The Labute approximate surface area is 173 Å². The molecule has 4 aromatic heterocycles. The molecule has 4 rings (SSSR count). The van der Waals surface area contributed by atoms with E-state index in [9.17, 15) is 0 Å². The lowest BCUT2D eigenvalue weighted by molar-refractivity contribution is 1.25. The summed E-state index contributed by atoms with van der Waals surface area (Å²) in [7, 11) is 0. The summed E-state index contributed by atoms with van der Waals surface area (Å²) in [6, 6.07) is 16.7.